The van der Waals surface area contributed by atoms with Crippen molar-refractivity contribution < 1.29 is 4.57 Å². The monoisotopic (exact) mass is 240 g/mol. The van der Waals surface area contributed by atoms with Crippen molar-refractivity contribution in [2.45, 2.75) is 24.6 Å². The lowest BCUT2D eigenvalue weighted by atomic mass is 10.1. The molecule has 0 bridgehead atoms. The maximum absolute atomic E-state index is 12.2. The van der Waals surface area contributed by atoms with E-state index in [9.17, 15) is 4.57 Å². The molecule has 76 valence electrons. The first-order valence-electron chi connectivity index (χ1n) is 4.81. The highest BCUT2D eigenvalue weighted by atomic mass is 35.5. The van der Waals surface area contributed by atoms with Crippen LogP contribution in [0.15, 0.2) is 0 Å². The summed E-state index contributed by atoms with van der Waals surface area (Å²) in [5.74, 6) is 0.292. The zero-order chi connectivity index (χ0) is 9.91. The van der Waals surface area contributed by atoms with Gasteiger partial charge in [0, 0.05) is 29.8 Å². The Kier molecular flexibility index (Phi) is 2.13. The molecule has 0 aromatic carbocycles. The first-order chi connectivity index (χ1) is 5.86. The van der Waals surface area contributed by atoms with Gasteiger partial charge in [0.2, 0.25) is 0 Å². The summed E-state index contributed by atoms with van der Waals surface area (Å²) in [6.07, 6.45) is 3.44. The molecular formula is C9H15Cl2OP. The fraction of sp³-hybridized carbons (Fsp3) is 1.00. The third-order valence-electron chi connectivity index (χ3n) is 3.65. The van der Waals surface area contributed by atoms with Gasteiger partial charge < -0.3 is 4.57 Å². The maximum Gasteiger partial charge on any atom is 0.128 e. The lowest BCUT2D eigenvalue weighted by Gasteiger charge is -2.18. The molecule has 3 atom stereocenters. The van der Waals surface area contributed by atoms with Gasteiger partial charge in [0.25, 0.3) is 0 Å². The van der Waals surface area contributed by atoms with Crippen molar-refractivity contribution in [2.75, 3.05) is 18.5 Å². The number of alkyl halides is 2. The molecule has 0 N–H and O–H groups in total. The highest BCUT2D eigenvalue weighted by Gasteiger charge is 2.78. The number of halogens is 2. The summed E-state index contributed by atoms with van der Waals surface area (Å²) in [5, 5.41) is 0. The van der Waals surface area contributed by atoms with Crippen LogP contribution < -0.4 is 0 Å². The summed E-state index contributed by atoms with van der Waals surface area (Å²) in [6.45, 7) is 4.16. The Balaban J connectivity index is 2.13. The maximum atomic E-state index is 12.2. The largest absolute Gasteiger partial charge is 0.324 e. The van der Waals surface area contributed by atoms with Crippen molar-refractivity contribution in [1.82, 2.24) is 0 Å². The molecule has 2 rings (SSSR count). The van der Waals surface area contributed by atoms with Crippen molar-refractivity contribution in [3.8, 4) is 0 Å². The molecule has 1 aliphatic carbocycles. The molecule has 2 fully saturated rings. The topological polar surface area (TPSA) is 17.1 Å². The predicted octanol–water partition coefficient (Wildman–Crippen LogP) is 3.58. The van der Waals surface area contributed by atoms with Crippen LogP contribution in [0.1, 0.15) is 20.3 Å². The van der Waals surface area contributed by atoms with Gasteiger partial charge in [0.05, 0.1) is 7.14 Å². The first-order valence-corrected chi connectivity index (χ1v) is 7.82. The van der Waals surface area contributed by atoms with Crippen molar-refractivity contribution >= 4 is 30.3 Å². The van der Waals surface area contributed by atoms with E-state index >= 15 is 0 Å². The molecular weight excluding hydrogens is 226 g/mol. The van der Waals surface area contributed by atoms with E-state index in [-0.39, 0.29) is 5.41 Å². The standard InChI is InChI=1S/C9H15Cl2OP/c1-3-4-13(12)5-7-8(2,6-13)9(7,10)11/h7H,3-6H2,1-2H3. The van der Waals surface area contributed by atoms with Crippen LogP contribution in [0, 0.1) is 11.3 Å². The molecule has 1 saturated heterocycles. The highest BCUT2D eigenvalue weighted by Crippen LogP contribution is 2.81. The smallest absolute Gasteiger partial charge is 0.128 e. The Labute approximate surface area is 89.5 Å². The Morgan fingerprint density at radius 1 is 1.54 bits per heavy atom. The molecule has 1 nitrogen and oxygen atoms in total. The number of hydrogen-bond acceptors (Lipinski definition) is 1. The van der Waals surface area contributed by atoms with Crippen LogP contribution in [0.25, 0.3) is 0 Å². The predicted molar refractivity (Wildman–Crippen MR) is 58.5 cm³/mol. The molecule has 2 aliphatic rings. The van der Waals surface area contributed by atoms with Gasteiger partial charge in [-0.05, 0) is 6.42 Å². The van der Waals surface area contributed by atoms with E-state index in [4.69, 9.17) is 23.2 Å². The zero-order valence-electron chi connectivity index (χ0n) is 8.02. The van der Waals surface area contributed by atoms with Gasteiger partial charge >= 0.3 is 0 Å². The minimum absolute atomic E-state index is 0.0409. The normalized spacial score (nSPS) is 51.8. The van der Waals surface area contributed by atoms with E-state index in [0.29, 0.717) is 5.92 Å². The van der Waals surface area contributed by atoms with Crippen molar-refractivity contribution in [1.29, 1.82) is 0 Å². The number of hydrogen-bond donors (Lipinski definition) is 0. The Bertz CT molecular complexity index is 289. The van der Waals surface area contributed by atoms with Crippen LogP contribution in [-0.4, -0.2) is 22.8 Å². The van der Waals surface area contributed by atoms with Gasteiger partial charge in [0.15, 0.2) is 0 Å². The quantitative estimate of drug-likeness (QED) is 0.533. The average molecular weight is 241 g/mol. The van der Waals surface area contributed by atoms with Crippen LogP contribution in [0.2, 0.25) is 0 Å². The van der Waals surface area contributed by atoms with Crippen molar-refractivity contribution in [3.63, 3.8) is 0 Å². The van der Waals surface area contributed by atoms with Crippen LogP contribution in [-0.2, 0) is 4.57 Å². The van der Waals surface area contributed by atoms with Gasteiger partial charge in [-0.1, -0.05) is 13.8 Å². The average Bonchev–Trinajstić information content (AvgIpc) is 2.34. The van der Waals surface area contributed by atoms with Crippen LogP contribution in [0.3, 0.4) is 0 Å². The minimum atomic E-state index is -1.89. The van der Waals surface area contributed by atoms with Gasteiger partial charge in [-0.2, -0.15) is 0 Å². The fourth-order valence-corrected chi connectivity index (χ4v) is 8.40. The minimum Gasteiger partial charge on any atom is -0.324 e. The van der Waals surface area contributed by atoms with E-state index in [1.165, 1.54) is 0 Å². The van der Waals surface area contributed by atoms with E-state index in [1.54, 1.807) is 0 Å². The summed E-state index contributed by atoms with van der Waals surface area (Å²) >= 11 is 12.2. The van der Waals surface area contributed by atoms with Crippen LogP contribution in [0.4, 0.5) is 0 Å². The molecule has 0 aromatic heterocycles. The highest BCUT2D eigenvalue weighted by molar-refractivity contribution is 7.64. The molecule has 0 aromatic rings. The molecule has 0 amide bonds. The Morgan fingerprint density at radius 2 is 2.15 bits per heavy atom. The number of fused-ring (bicyclic) bond motifs is 1. The SMILES string of the molecule is CCCP1(=O)CC2C(Cl)(Cl)C2(C)C1. The summed E-state index contributed by atoms with van der Waals surface area (Å²) in [6, 6.07) is 0. The van der Waals surface area contributed by atoms with E-state index in [2.05, 4.69) is 13.8 Å². The van der Waals surface area contributed by atoms with Crippen LogP contribution in [0.5, 0.6) is 0 Å². The molecule has 0 spiro atoms. The van der Waals surface area contributed by atoms with Gasteiger partial charge in [-0.3, -0.25) is 0 Å². The lowest BCUT2D eigenvalue weighted by molar-refractivity contribution is 0.565. The number of rotatable bonds is 2. The van der Waals surface area contributed by atoms with Crippen molar-refractivity contribution in [3.05, 3.63) is 0 Å². The second-order valence-electron chi connectivity index (χ2n) is 4.72. The van der Waals surface area contributed by atoms with E-state index in [0.717, 1.165) is 24.9 Å². The van der Waals surface area contributed by atoms with Crippen LogP contribution >= 0.6 is 30.3 Å². The second kappa shape index (κ2) is 2.68. The summed E-state index contributed by atoms with van der Waals surface area (Å²) < 4.78 is 11.7. The summed E-state index contributed by atoms with van der Waals surface area (Å²) in [7, 11) is -1.89. The molecule has 1 heterocycles. The molecule has 1 aliphatic heterocycles. The van der Waals surface area contributed by atoms with E-state index in [1.807, 2.05) is 0 Å². The molecule has 1 saturated carbocycles. The van der Waals surface area contributed by atoms with Gasteiger partial charge in [-0.25, -0.2) is 0 Å². The molecule has 4 heteroatoms. The van der Waals surface area contributed by atoms with Gasteiger partial charge in [0.1, 0.15) is 4.33 Å². The first kappa shape index (κ1) is 10.3. The Morgan fingerprint density at radius 3 is 2.54 bits per heavy atom. The molecule has 0 radical (unpaired) electrons. The third kappa shape index (κ3) is 1.24. The van der Waals surface area contributed by atoms with Gasteiger partial charge in [-0.15, -0.1) is 23.2 Å². The fourth-order valence-electron chi connectivity index (χ4n) is 2.78. The Hall–Kier alpha value is 0.810. The third-order valence-corrected chi connectivity index (χ3v) is 8.56. The second-order valence-corrected chi connectivity index (χ2v) is 9.35. The van der Waals surface area contributed by atoms with Crippen molar-refractivity contribution in [2.24, 2.45) is 11.3 Å². The molecule has 13 heavy (non-hydrogen) atoms. The lowest BCUT2D eigenvalue weighted by Crippen LogP contribution is -2.12. The molecule has 3 unspecified atom stereocenters. The summed E-state index contributed by atoms with van der Waals surface area (Å²) in [4.78, 5) is 0. The van der Waals surface area contributed by atoms with E-state index < -0.39 is 11.5 Å². The summed E-state index contributed by atoms with van der Waals surface area (Å²) in [5.41, 5.74) is -0.0409. The zero-order valence-corrected chi connectivity index (χ0v) is 10.4.